The van der Waals surface area contributed by atoms with Crippen LogP contribution in [0.25, 0.3) is 6.08 Å². The molecule has 0 aromatic heterocycles. The highest BCUT2D eigenvalue weighted by atomic mass is 16.6. The molecule has 104 valence electrons. The number of aliphatic imine (C=N–C) groups is 1. The molecular formula is C14H14N2O4. The lowest BCUT2D eigenvalue weighted by Crippen LogP contribution is -2.21. The van der Waals surface area contributed by atoms with E-state index in [1.54, 1.807) is 18.2 Å². The third-order valence-electron chi connectivity index (χ3n) is 2.69. The summed E-state index contributed by atoms with van der Waals surface area (Å²) >= 11 is 0. The van der Waals surface area contributed by atoms with E-state index < -0.39 is 16.3 Å². The minimum atomic E-state index is -0.590. The molecule has 0 amide bonds. The highest BCUT2D eigenvalue weighted by Crippen LogP contribution is 2.27. The largest absolute Gasteiger partial charge is 0.406 e. The number of nitro benzene ring substituents is 1. The van der Waals surface area contributed by atoms with Crippen molar-refractivity contribution in [2.24, 2.45) is 10.4 Å². The molecule has 0 radical (unpaired) electrons. The van der Waals surface area contributed by atoms with Gasteiger partial charge in [-0.3, -0.25) is 10.1 Å². The Labute approximate surface area is 115 Å². The zero-order valence-corrected chi connectivity index (χ0v) is 11.4. The fourth-order valence-electron chi connectivity index (χ4n) is 1.65. The molecule has 0 spiro atoms. The molecule has 0 unspecified atom stereocenters. The van der Waals surface area contributed by atoms with Crippen molar-refractivity contribution in [1.29, 1.82) is 0 Å². The number of cyclic esters (lactones) is 1. The van der Waals surface area contributed by atoms with E-state index in [1.165, 1.54) is 12.1 Å². The van der Waals surface area contributed by atoms with E-state index in [0.717, 1.165) is 0 Å². The average molecular weight is 274 g/mol. The lowest BCUT2D eigenvalue weighted by molar-refractivity contribution is -0.385. The van der Waals surface area contributed by atoms with E-state index in [0.29, 0.717) is 11.5 Å². The van der Waals surface area contributed by atoms with Crippen LogP contribution < -0.4 is 0 Å². The summed E-state index contributed by atoms with van der Waals surface area (Å²) < 4.78 is 5.08. The highest BCUT2D eigenvalue weighted by molar-refractivity contribution is 6.08. The van der Waals surface area contributed by atoms with Gasteiger partial charge in [-0.1, -0.05) is 32.9 Å². The molecular weight excluding hydrogens is 260 g/mol. The van der Waals surface area contributed by atoms with Gasteiger partial charge in [0.1, 0.15) is 0 Å². The number of rotatable bonds is 2. The van der Waals surface area contributed by atoms with Crippen LogP contribution in [0.3, 0.4) is 0 Å². The summed E-state index contributed by atoms with van der Waals surface area (Å²) in [5.74, 6) is -0.277. The first-order valence-electron chi connectivity index (χ1n) is 6.05. The Morgan fingerprint density at radius 1 is 1.30 bits per heavy atom. The second-order valence-electron chi connectivity index (χ2n) is 5.40. The Balaban J connectivity index is 2.44. The molecule has 0 fully saturated rings. The van der Waals surface area contributed by atoms with Crippen LogP contribution in [0.4, 0.5) is 5.69 Å². The number of nitrogens with zero attached hydrogens (tertiary/aromatic N) is 2. The maximum absolute atomic E-state index is 11.7. The first-order chi connectivity index (χ1) is 9.29. The number of carbonyl (C=O) groups is 1. The van der Waals surface area contributed by atoms with E-state index in [9.17, 15) is 14.9 Å². The summed E-state index contributed by atoms with van der Waals surface area (Å²) in [5, 5.41) is 10.9. The molecule has 0 N–H and O–H groups in total. The van der Waals surface area contributed by atoms with Crippen LogP contribution >= 0.6 is 0 Å². The number of hydrogen-bond acceptors (Lipinski definition) is 5. The van der Waals surface area contributed by atoms with E-state index >= 15 is 0 Å². The van der Waals surface area contributed by atoms with Crippen LogP contribution in [0.5, 0.6) is 0 Å². The molecule has 0 saturated heterocycles. The molecule has 20 heavy (non-hydrogen) atoms. The third kappa shape index (κ3) is 2.74. The molecule has 1 aromatic carbocycles. The van der Waals surface area contributed by atoms with Crippen molar-refractivity contribution in [2.75, 3.05) is 0 Å². The molecule has 0 saturated carbocycles. The second kappa shape index (κ2) is 4.88. The summed E-state index contributed by atoms with van der Waals surface area (Å²) in [4.78, 5) is 26.3. The van der Waals surface area contributed by atoms with Gasteiger partial charge in [-0.15, -0.1) is 0 Å². The van der Waals surface area contributed by atoms with E-state index in [-0.39, 0.29) is 11.4 Å². The SMILES string of the molecule is CC(C)(C)C1=N/C(=C/c2ccccc2[N+](=O)[O-])C(=O)O1. The van der Waals surface area contributed by atoms with Crippen LogP contribution in [-0.2, 0) is 9.53 Å². The Bertz CT molecular complexity index is 639. The van der Waals surface area contributed by atoms with Crippen molar-refractivity contribution in [1.82, 2.24) is 0 Å². The molecule has 0 atom stereocenters. The van der Waals surface area contributed by atoms with Crippen molar-refractivity contribution in [3.63, 3.8) is 0 Å². The van der Waals surface area contributed by atoms with Crippen LogP contribution in [0.15, 0.2) is 35.0 Å². The Hall–Kier alpha value is -2.50. The van der Waals surface area contributed by atoms with Gasteiger partial charge in [0.05, 0.1) is 10.5 Å². The van der Waals surface area contributed by atoms with Crippen LogP contribution in [0.1, 0.15) is 26.3 Å². The fraction of sp³-hybridized carbons (Fsp3) is 0.286. The van der Waals surface area contributed by atoms with Gasteiger partial charge in [0, 0.05) is 11.5 Å². The van der Waals surface area contributed by atoms with Crippen molar-refractivity contribution in [3.8, 4) is 0 Å². The molecule has 1 heterocycles. The van der Waals surface area contributed by atoms with Gasteiger partial charge < -0.3 is 4.74 Å². The van der Waals surface area contributed by atoms with Crippen molar-refractivity contribution in [2.45, 2.75) is 20.8 Å². The summed E-state index contributed by atoms with van der Waals surface area (Å²) in [6.45, 7) is 5.60. The molecule has 0 aliphatic carbocycles. The van der Waals surface area contributed by atoms with Crippen molar-refractivity contribution < 1.29 is 14.5 Å². The third-order valence-corrected chi connectivity index (χ3v) is 2.69. The molecule has 1 aliphatic heterocycles. The predicted octanol–water partition coefficient (Wildman–Crippen LogP) is 2.94. The molecule has 0 bridgehead atoms. The van der Waals surface area contributed by atoms with Gasteiger partial charge in [-0.25, -0.2) is 9.79 Å². The van der Waals surface area contributed by atoms with Gasteiger partial charge in [0.25, 0.3) is 5.69 Å². The zero-order chi connectivity index (χ0) is 14.9. The summed E-state index contributed by atoms with van der Waals surface area (Å²) in [7, 11) is 0. The number of para-hydroxylation sites is 1. The Morgan fingerprint density at radius 2 is 1.95 bits per heavy atom. The minimum Gasteiger partial charge on any atom is -0.406 e. The van der Waals surface area contributed by atoms with E-state index in [4.69, 9.17) is 4.74 Å². The van der Waals surface area contributed by atoms with E-state index in [1.807, 2.05) is 20.8 Å². The first kappa shape index (κ1) is 13.9. The lowest BCUT2D eigenvalue weighted by atomic mass is 9.97. The van der Waals surface area contributed by atoms with Gasteiger partial charge in [-0.2, -0.15) is 0 Å². The number of nitro groups is 1. The quantitative estimate of drug-likeness (QED) is 0.359. The number of ether oxygens (including phenoxy) is 1. The van der Waals surface area contributed by atoms with Gasteiger partial charge in [0.2, 0.25) is 5.90 Å². The molecule has 2 rings (SSSR count). The van der Waals surface area contributed by atoms with Crippen LogP contribution in [-0.4, -0.2) is 16.8 Å². The normalized spacial score (nSPS) is 17.1. The Kier molecular flexibility index (Phi) is 3.40. The maximum atomic E-state index is 11.7. The van der Waals surface area contributed by atoms with Gasteiger partial charge in [-0.05, 0) is 12.1 Å². The molecule has 1 aliphatic rings. The molecule has 6 heteroatoms. The summed E-state index contributed by atoms with van der Waals surface area (Å²) in [6, 6.07) is 6.16. The first-order valence-corrected chi connectivity index (χ1v) is 6.05. The lowest BCUT2D eigenvalue weighted by Gasteiger charge is -2.15. The maximum Gasteiger partial charge on any atom is 0.363 e. The summed E-state index contributed by atoms with van der Waals surface area (Å²) in [5.41, 5.74) is -0.0757. The number of benzene rings is 1. The van der Waals surface area contributed by atoms with Gasteiger partial charge >= 0.3 is 5.97 Å². The smallest absolute Gasteiger partial charge is 0.363 e. The fourth-order valence-corrected chi connectivity index (χ4v) is 1.65. The van der Waals surface area contributed by atoms with Crippen molar-refractivity contribution >= 4 is 23.6 Å². The highest BCUT2D eigenvalue weighted by Gasteiger charge is 2.31. The number of esters is 1. The van der Waals surface area contributed by atoms with Gasteiger partial charge in [0.15, 0.2) is 5.70 Å². The number of hydrogen-bond donors (Lipinski definition) is 0. The monoisotopic (exact) mass is 274 g/mol. The molecule has 6 nitrogen and oxygen atoms in total. The topological polar surface area (TPSA) is 81.8 Å². The van der Waals surface area contributed by atoms with E-state index in [2.05, 4.69) is 4.99 Å². The molecule has 1 aromatic rings. The minimum absolute atomic E-state index is 0.0734. The average Bonchev–Trinajstić information content (AvgIpc) is 2.71. The summed E-state index contributed by atoms with van der Waals surface area (Å²) in [6.07, 6.45) is 1.37. The Morgan fingerprint density at radius 3 is 2.50 bits per heavy atom. The second-order valence-corrected chi connectivity index (χ2v) is 5.40. The van der Waals surface area contributed by atoms with Crippen LogP contribution in [0.2, 0.25) is 0 Å². The predicted molar refractivity (Wildman–Crippen MR) is 74.1 cm³/mol. The standard InChI is InChI=1S/C14H14N2O4/c1-14(2,3)13-15-10(12(17)20-13)8-9-6-4-5-7-11(9)16(18)19/h4-8H,1-3H3/b10-8+. The van der Waals surface area contributed by atoms with Crippen LogP contribution in [0, 0.1) is 15.5 Å². The zero-order valence-electron chi connectivity index (χ0n) is 11.4. The van der Waals surface area contributed by atoms with Crippen molar-refractivity contribution in [3.05, 3.63) is 45.6 Å². The number of carbonyl (C=O) groups excluding carboxylic acids is 1.